The molecule has 2 heterocycles. The third-order valence-corrected chi connectivity index (χ3v) is 6.39. The van der Waals surface area contributed by atoms with Gasteiger partial charge in [0.15, 0.2) is 0 Å². The van der Waals surface area contributed by atoms with E-state index in [4.69, 9.17) is 16.3 Å². The number of aromatic nitrogens is 1. The fraction of sp³-hybridized carbons (Fsp3) is 0.111. The van der Waals surface area contributed by atoms with E-state index in [1.807, 2.05) is 42.1 Å². The van der Waals surface area contributed by atoms with Crippen molar-refractivity contribution in [1.82, 2.24) is 4.57 Å². The Kier molecular flexibility index (Phi) is 5.38. The van der Waals surface area contributed by atoms with Crippen LogP contribution in [-0.4, -0.2) is 28.5 Å². The van der Waals surface area contributed by atoms with Gasteiger partial charge in [0.2, 0.25) is 0 Å². The quantitative estimate of drug-likeness (QED) is 0.243. The molecule has 1 atom stereocenters. The summed E-state index contributed by atoms with van der Waals surface area (Å²) in [6.07, 6.45) is 1.90. The number of benzene rings is 3. The van der Waals surface area contributed by atoms with Gasteiger partial charge in [-0.1, -0.05) is 29.8 Å². The lowest BCUT2D eigenvalue weighted by atomic mass is 9.94. The van der Waals surface area contributed by atoms with Crippen LogP contribution in [0.1, 0.15) is 17.2 Å². The molecule has 0 spiro atoms. The number of hydrogen-bond acceptors (Lipinski definition) is 4. The second kappa shape index (κ2) is 8.39. The van der Waals surface area contributed by atoms with Crippen molar-refractivity contribution in [3.05, 3.63) is 101 Å². The number of carbonyl (C=O) groups is 2. The minimum absolute atomic E-state index is 0.0273. The maximum absolute atomic E-state index is 13.4. The lowest BCUT2D eigenvalue weighted by molar-refractivity contribution is -0.132. The third kappa shape index (κ3) is 3.43. The highest BCUT2D eigenvalue weighted by molar-refractivity contribution is 6.52. The zero-order valence-electron chi connectivity index (χ0n) is 18.5. The summed E-state index contributed by atoms with van der Waals surface area (Å²) in [7, 11) is 3.47. The number of fused-ring (bicyclic) bond motifs is 1. The van der Waals surface area contributed by atoms with Gasteiger partial charge in [0.1, 0.15) is 11.5 Å². The van der Waals surface area contributed by atoms with Gasteiger partial charge >= 0.3 is 0 Å². The zero-order chi connectivity index (χ0) is 24.0. The molecule has 7 heteroatoms. The van der Waals surface area contributed by atoms with Crippen molar-refractivity contribution in [1.29, 1.82) is 0 Å². The predicted octanol–water partition coefficient (Wildman–Crippen LogP) is 5.47. The molecule has 34 heavy (non-hydrogen) atoms. The molecule has 1 aromatic heterocycles. The number of hydrogen-bond donors (Lipinski definition) is 1. The van der Waals surface area contributed by atoms with Gasteiger partial charge < -0.3 is 14.4 Å². The van der Waals surface area contributed by atoms with Crippen molar-refractivity contribution in [2.45, 2.75) is 6.04 Å². The van der Waals surface area contributed by atoms with Crippen LogP contribution in [0.5, 0.6) is 5.75 Å². The van der Waals surface area contributed by atoms with Crippen LogP contribution in [-0.2, 0) is 16.6 Å². The molecular formula is C27H21ClN2O4. The average Bonchev–Trinajstić information content (AvgIpc) is 3.32. The van der Waals surface area contributed by atoms with Crippen LogP contribution in [0.25, 0.3) is 16.7 Å². The fourth-order valence-electron chi connectivity index (χ4n) is 4.49. The highest BCUT2D eigenvalue weighted by Gasteiger charge is 2.47. The highest BCUT2D eigenvalue weighted by atomic mass is 35.5. The summed E-state index contributed by atoms with van der Waals surface area (Å²) >= 11 is 6.01. The summed E-state index contributed by atoms with van der Waals surface area (Å²) in [5, 5.41) is 12.7. The Morgan fingerprint density at radius 3 is 2.32 bits per heavy atom. The Hall–Kier alpha value is -4.03. The van der Waals surface area contributed by atoms with Crippen LogP contribution in [0.15, 0.2) is 84.6 Å². The molecule has 1 unspecified atom stereocenters. The standard InChI is InChI=1S/C27H21ClN2O4/c1-29-15-21(20-5-3-4-6-22(20)29)24-23(25(31)16-7-9-17(28)10-8-16)26(32)27(33)30(24)18-11-13-19(34-2)14-12-18/h3-15,24,31H,1-2H3/b25-23+. The first-order valence-electron chi connectivity index (χ1n) is 10.7. The van der Waals surface area contributed by atoms with Crippen molar-refractivity contribution in [2.24, 2.45) is 7.05 Å². The fourth-order valence-corrected chi connectivity index (χ4v) is 4.62. The molecule has 1 amide bonds. The second-order valence-corrected chi connectivity index (χ2v) is 8.52. The SMILES string of the molecule is COc1ccc(N2C(=O)C(=O)/C(=C(/O)c3ccc(Cl)cc3)C2c2cn(C)c3ccccc23)cc1. The van der Waals surface area contributed by atoms with Crippen molar-refractivity contribution in [2.75, 3.05) is 12.0 Å². The first-order chi connectivity index (χ1) is 16.4. The summed E-state index contributed by atoms with van der Waals surface area (Å²) < 4.78 is 7.19. The minimum atomic E-state index is -0.824. The average molecular weight is 473 g/mol. The van der Waals surface area contributed by atoms with E-state index in [0.29, 0.717) is 22.0 Å². The predicted molar refractivity (Wildman–Crippen MR) is 132 cm³/mol. The number of Topliss-reactive ketones (excluding diaryl/α,β-unsaturated/α-hetero) is 1. The van der Waals surface area contributed by atoms with Crippen LogP contribution < -0.4 is 9.64 Å². The molecule has 1 N–H and O–H groups in total. The lowest BCUT2D eigenvalue weighted by Gasteiger charge is -2.25. The summed E-state index contributed by atoms with van der Waals surface area (Å²) in [5.74, 6) is -1.08. The van der Waals surface area contributed by atoms with Gasteiger partial charge in [0, 0.05) is 46.0 Å². The maximum Gasteiger partial charge on any atom is 0.300 e. The van der Waals surface area contributed by atoms with Gasteiger partial charge in [-0.15, -0.1) is 0 Å². The Balaban J connectivity index is 1.78. The molecule has 6 nitrogen and oxygen atoms in total. The number of nitrogens with zero attached hydrogens (tertiary/aromatic N) is 2. The number of anilines is 1. The van der Waals surface area contributed by atoms with Crippen molar-refractivity contribution < 1.29 is 19.4 Å². The van der Waals surface area contributed by atoms with Gasteiger partial charge in [0.05, 0.1) is 18.7 Å². The summed E-state index contributed by atoms with van der Waals surface area (Å²) in [4.78, 5) is 28.1. The Bertz CT molecular complexity index is 1450. The number of ketones is 1. The number of ether oxygens (including phenoxy) is 1. The molecule has 170 valence electrons. The van der Waals surface area contributed by atoms with E-state index in [-0.39, 0.29) is 11.3 Å². The van der Waals surface area contributed by atoms with E-state index < -0.39 is 17.7 Å². The molecule has 1 saturated heterocycles. The van der Waals surface area contributed by atoms with Gasteiger partial charge in [-0.25, -0.2) is 0 Å². The molecule has 0 bridgehead atoms. The molecule has 0 saturated carbocycles. The topological polar surface area (TPSA) is 71.8 Å². The van der Waals surface area contributed by atoms with E-state index in [1.165, 1.54) is 4.90 Å². The molecular weight excluding hydrogens is 452 g/mol. The van der Waals surface area contributed by atoms with Crippen LogP contribution in [0.3, 0.4) is 0 Å². The smallest absolute Gasteiger partial charge is 0.300 e. The van der Waals surface area contributed by atoms with Crippen LogP contribution >= 0.6 is 11.6 Å². The second-order valence-electron chi connectivity index (χ2n) is 8.09. The monoisotopic (exact) mass is 472 g/mol. The van der Waals surface area contributed by atoms with E-state index in [9.17, 15) is 14.7 Å². The summed E-state index contributed by atoms with van der Waals surface area (Å²) in [5.41, 5.74) is 2.64. The number of aliphatic hydroxyl groups excluding tert-OH is 1. The minimum Gasteiger partial charge on any atom is -0.507 e. The van der Waals surface area contributed by atoms with E-state index in [0.717, 1.165) is 16.5 Å². The Labute approximate surface area is 201 Å². The highest BCUT2D eigenvalue weighted by Crippen LogP contribution is 2.44. The van der Waals surface area contributed by atoms with Crippen molar-refractivity contribution >= 4 is 45.6 Å². The largest absolute Gasteiger partial charge is 0.507 e. The van der Waals surface area contributed by atoms with Crippen LogP contribution in [0.2, 0.25) is 5.02 Å². The number of halogens is 1. The molecule has 5 rings (SSSR count). The van der Waals surface area contributed by atoms with Crippen LogP contribution in [0.4, 0.5) is 5.69 Å². The number of carbonyl (C=O) groups excluding carboxylic acids is 2. The van der Waals surface area contributed by atoms with Gasteiger partial charge in [-0.3, -0.25) is 14.5 Å². The molecule has 1 aliphatic rings. The number of aliphatic hydroxyl groups is 1. The lowest BCUT2D eigenvalue weighted by Crippen LogP contribution is -2.29. The van der Waals surface area contributed by atoms with E-state index in [1.54, 1.807) is 55.6 Å². The normalized spacial score (nSPS) is 17.5. The number of methoxy groups -OCH3 is 1. The van der Waals surface area contributed by atoms with Gasteiger partial charge in [0.25, 0.3) is 11.7 Å². The first kappa shape index (κ1) is 21.8. The van der Waals surface area contributed by atoms with Crippen LogP contribution in [0, 0.1) is 0 Å². The molecule has 1 fully saturated rings. The number of rotatable bonds is 4. The first-order valence-corrected chi connectivity index (χ1v) is 11.0. The molecule has 0 aliphatic carbocycles. The Morgan fingerprint density at radius 2 is 1.65 bits per heavy atom. The van der Waals surface area contributed by atoms with E-state index in [2.05, 4.69) is 0 Å². The number of para-hydroxylation sites is 1. The van der Waals surface area contributed by atoms with Crippen molar-refractivity contribution in [3.63, 3.8) is 0 Å². The summed E-state index contributed by atoms with van der Waals surface area (Å²) in [6, 6.07) is 20.3. The molecule has 1 aliphatic heterocycles. The molecule has 4 aromatic rings. The molecule has 0 radical (unpaired) electrons. The Morgan fingerprint density at radius 1 is 0.971 bits per heavy atom. The summed E-state index contributed by atoms with van der Waals surface area (Å²) in [6.45, 7) is 0. The maximum atomic E-state index is 13.4. The zero-order valence-corrected chi connectivity index (χ0v) is 19.3. The van der Waals surface area contributed by atoms with Crippen molar-refractivity contribution in [3.8, 4) is 5.75 Å². The van der Waals surface area contributed by atoms with E-state index >= 15 is 0 Å². The number of amides is 1. The molecule has 3 aromatic carbocycles. The van der Waals surface area contributed by atoms with Gasteiger partial charge in [-0.05, 0) is 54.6 Å². The van der Waals surface area contributed by atoms with Gasteiger partial charge in [-0.2, -0.15) is 0 Å². The number of aryl methyl sites for hydroxylation is 1. The third-order valence-electron chi connectivity index (χ3n) is 6.14.